The fourth-order valence-corrected chi connectivity index (χ4v) is 3.67. The lowest BCUT2D eigenvalue weighted by Gasteiger charge is -2.11. The number of rotatable bonds is 8. The van der Waals surface area contributed by atoms with Gasteiger partial charge >= 0.3 is 5.97 Å². The van der Waals surface area contributed by atoms with Crippen LogP contribution in [0.1, 0.15) is 45.4 Å². The summed E-state index contributed by atoms with van der Waals surface area (Å²) in [5, 5.41) is 5.96. The van der Waals surface area contributed by atoms with E-state index < -0.39 is 11.9 Å². The predicted octanol–water partition coefficient (Wildman–Crippen LogP) is 1.04. The largest absolute Gasteiger partial charge is 0.462 e. The van der Waals surface area contributed by atoms with Crippen molar-refractivity contribution >= 4 is 34.1 Å². The van der Waals surface area contributed by atoms with Crippen molar-refractivity contribution in [2.75, 3.05) is 31.6 Å². The number of thiophene rings is 1. The fourth-order valence-electron chi connectivity index (χ4n) is 2.61. The molecule has 1 aliphatic heterocycles. The molecule has 1 aliphatic rings. The maximum absolute atomic E-state index is 12.1. The zero-order chi connectivity index (χ0) is 18.4. The second-order valence-corrected chi connectivity index (χ2v) is 6.68. The Morgan fingerprint density at radius 1 is 1.40 bits per heavy atom. The van der Waals surface area contributed by atoms with Crippen LogP contribution in [0.5, 0.6) is 0 Å². The fraction of sp³-hybridized carbons (Fsp3) is 0.562. The molecular weight excluding hydrogens is 346 g/mol. The standard InChI is InChI=1S/C16H23N3O5S/c1-3-23-16(22)12-9(2)13(14(17)21)25-15(12)19-11(20)8-18-7-10-5-4-6-24-10/h10,18H,3-8H2,1-2H3,(H2,17,21)(H,19,20). The van der Waals surface area contributed by atoms with Gasteiger partial charge in [0.2, 0.25) is 5.91 Å². The van der Waals surface area contributed by atoms with Crippen LogP contribution in [0.3, 0.4) is 0 Å². The molecule has 8 nitrogen and oxygen atoms in total. The van der Waals surface area contributed by atoms with Gasteiger partial charge in [-0.05, 0) is 32.3 Å². The number of ether oxygens (including phenoxy) is 2. The summed E-state index contributed by atoms with van der Waals surface area (Å²) in [6.07, 6.45) is 2.15. The van der Waals surface area contributed by atoms with Crippen molar-refractivity contribution in [2.45, 2.75) is 32.8 Å². The molecule has 1 fully saturated rings. The molecule has 2 amide bonds. The Morgan fingerprint density at radius 3 is 2.76 bits per heavy atom. The molecule has 25 heavy (non-hydrogen) atoms. The lowest BCUT2D eigenvalue weighted by molar-refractivity contribution is -0.115. The first-order valence-corrected chi connectivity index (χ1v) is 8.98. The molecule has 4 N–H and O–H groups in total. The summed E-state index contributed by atoms with van der Waals surface area (Å²) < 4.78 is 10.5. The minimum absolute atomic E-state index is 0.0744. The van der Waals surface area contributed by atoms with E-state index in [4.69, 9.17) is 15.2 Å². The van der Waals surface area contributed by atoms with Crippen LogP contribution in [-0.4, -0.2) is 50.2 Å². The average molecular weight is 369 g/mol. The number of amides is 2. The molecule has 0 spiro atoms. The maximum Gasteiger partial charge on any atom is 0.341 e. The van der Waals surface area contributed by atoms with Crippen LogP contribution in [0, 0.1) is 6.92 Å². The molecule has 0 radical (unpaired) electrons. The highest BCUT2D eigenvalue weighted by Gasteiger charge is 2.25. The van der Waals surface area contributed by atoms with Gasteiger partial charge in [-0.25, -0.2) is 4.79 Å². The molecule has 0 aliphatic carbocycles. The van der Waals surface area contributed by atoms with Crippen molar-refractivity contribution in [3.05, 3.63) is 16.0 Å². The van der Waals surface area contributed by atoms with E-state index in [2.05, 4.69) is 10.6 Å². The minimum Gasteiger partial charge on any atom is -0.462 e. The van der Waals surface area contributed by atoms with Gasteiger partial charge in [0.1, 0.15) is 5.00 Å². The van der Waals surface area contributed by atoms with Crippen molar-refractivity contribution in [3.8, 4) is 0 Å². The van der Waals surface area contributed by atoms with Gasteiger partial charge in [-0.1, -0.05) is 0 Å². The van der Waals surface area contributed by atoms with Gasteiger partial charge in [0.05, 0.1) is 29.7 Å². The lowest BCUT2D eigenvalue weighted by Crippen LogP contribution is -2.33. The zero-order valence-corrected chi connectivity index (χ0v) is 15.2. The topological polar surface area (TPSA) is 120 Å². The van der Waals surface area contributed by atoms with Gasteiger partial charge in [0, 0.05) is 13.2 Å². The number of anilines is 1. The molecule has 2 rings (SSSR count). The van der Waals surface area contributed by atoms with E-state index in [1.54, 1.807) is 13.8 Å². The molecule has 0 saturated carbocycles. The molecule has 1 aromatic heterocycles. The van der Waals surface area contributed by atoms with E-state index in [1.807, 2.05) is 0 Å². The van der Waals surface area contributed by atoms with Crippen molar-refractivity contribution in [1.29, 1.82) is 0 Å². The Morgan fingerprint density at radius 2 is 2.16 bits per heavy atom. The van der Waals surface area contributed by atoms with E-state index >= 15 is 0 Å². The Kier molecular flexibility index (Phi) is 6.91. The molecule has 1 unspecified atom stereocenters. The van der Waals surface area contributed by atoms with Gasteiger partial charge in [-0.2, -0.15) is 0 Å². The summed E-state index contributed by atoms with van der Waals surface area (Å²) in [5.74, 6) is -1.56. The van der Waals surface area contributed by atoms with Gasteiger partial charge in [-0.3, -0.25) is 9.59 Å². The Hall–Kier alpha value is -1.97. The third-order valence-corrected chi connectivity index (χ3v) is 5.01. The molecule has 1 aromatic rings. The molecule has 1 saturated heterocycles. The Bertz CT molecular complexity index is 652. The number of esters is 1. The summed E-state index contributed by atoms with van der Waals surface area (Å²) in [4.78, 5) is 36.0. The minimum atomic E-state index is -0.648. The van der Waals surface area contributed by atoms with Crippen LogP contribution in [0.15, 0.2) is 0 Å². The second kappa shape index (κ2) is 8.93. The molecule has 138 valence electrons. The summed E-state index contributed by atoms with van der Waals surface area (Å²) in [6, 6.07) is 0. The number of carbonyl (C=O) groups excluding carboxylic acids is 3. The molecule has 0 bridgehead atoms. The van der Waals surface area contributed by atoms with Crippen molar-refractivity contribution in [1.82, 2.24) is 5.32 Å². The van der Waals surface area contributed by atoms with E-state index in [-0.39, 0.29) is 40.6 Å². The summed E-state index contributed by atoms with van der Waals surface area (Å²) >= 11 is 0.976. The van der Waals surface area contributed by atoms with Crippen LogP contribution in [0.4, 0.5) is 5.00 Å². The number of primary amides is 1. The van der Waals surface area contributed by atoms with Crippen LogP contribution in [0.25, 0.3) is 0 Å². The highest BCUT2D eigenvalue weighted by atomic mass is 32.1. The third kappa shape index (κ3) is 5.00. The van der Waals surface area contributed by atoms with Gasteiger partial charge in [0.15, 0.2) is 0 Å². The molecule has 0 aromatic carbocycles. The van der Waals surface area contributed by atoms with E-state index in [9.17, 15) is 14.4 Å². The first kappa shape index (κ1) is 19.4. The van der Waals surface area contributed by atoms with Gasteiger partial charge < -0.3 is 25.8 Å². The molecule has 1 atom stereocenters. The number of carbonyl (C=O) groups is 3. The Labute approximate surface area is 150 Å². The summed E-state index contributed by atoms with van der Waals surface area (Å²) in [7, 11) is 0. The molecule has 9 heteroatoms. The average Bonchev–Trinajstić information content (AvgIpc) is 3.15. The Balaban J connectivity index is 2.03. The molecule has 2 heterocycles. The summed E-state index contributed by atoms with van der Waals surface area (Å²) in [5.41, 5.74) is 5.92. The number of nitrogens with one attached hydrogen (secondary N) is 2. The van der Waals surface area contributed by atoms with Crippen LogP contribution >= 0.6 is 11.3 Å². The predicted molar refractivity (Wildman–Crippen MR) is 94.0 cm³/mol. The second-order valence-electron chi connectivity index (χ2n) is 5.66. The van der Waals surface area contributed by atoms with Crippen molar-refractivity contribution in [2.24, 2.45) is 5.73 Å². The summed E-state index contributed by atoms with van der Waals surface area (Å²) in [6.45, 7) is 4.90. The van der Waals surface area contributed by atoms with Crippen molar-refractivity contribution < 1.29 is 23.9 Å². The zero-order valence-electron chi connectivity index (χ0n) is 14.3. The number of nitrogens with two attached hydrogens (primary N) is 1. The van der Waals surface area contributed by atoms with E-state index in [1.165, 1.54) is 0 Å². The first-order valence-electron chi connectivity index (χ1n) is 8.16. The highest BCUT2D eigenvalue weighted by Crippen LogP contribution is 2.33. The van der Waals surface area contributed by atoms with Crippen molar-refractivity contribution in [3.63, 3.8) is 0 Å². The lowest BCUT2D eigenvalue weighted by atomic mass is 10.1. The third-order valence-electron chi connectivity index (χ3n) is 3.78. The number of hydrogen-bond donors (Lipinski definition) is 3. The SMILES string of the molecule is CCOC(=O)c1c(NC(=O)CNCC2CCCO2)sc(C(N)=O)c1C. The van der Waals surface area contributed by atoms with Gasteiger partial charge in [-0.15, -0.1) is 11.3 Å². The van der Waals surface area contributed by atoms with Crippen LogP contribution < -0.4 is 16.4 Å². The maximum atomic E-state index is 12.1. The van der Waals surface area contributed by atoms with E-state index in [0.717, 1.165) is 30.8 Å². The number of hydrogen-bond acceptors (Lipinski definition) is 7. The monoisotopic (exact) mass is 369 g/mol. The van der Waals surface area contributed by atoms with Crippen LogP contribution in [-0.2, 0) is 14.3 Å². The highest BCUT2D eigenvalue weighted by molar-refractivity contribution is 7.18. The van der Waals surface area contributed by atoms with Gasteiger partial charge in [0.25, 0.3) is 5.91 Å². The first-order chi connectivity index (χ1) is 11.9. The smallest absolute Gasteiger partial charge is 0.341 e. The molecular formula is C16H23N3O5S. The van der Waals surface area contributed by atoms with Crippen LogP contribution in [0.2, 0.25) is 0 Å². The van der Waals surface area contributed by atoms with E-state index in [0.29, 0.717) is 12.1 Å². The normalized spacial score (nSPS) is 16.6. The quantitative estimate of drug-likeness (QED) is 0.589.